The summed E-state index contributed by atoms with van der Waals surface area (Å²) in [5.41, 5.74) is 3.79. The second-order valence-electron chi connectivity index (χ2n) is 4.95. The molecule has 0 aliphatic heterocycles. The van der Waals surface area contributed by atoms with Crippen LogP contribution in [0.2, 0.25) is 6.32 Å². The number of aromatic nitrogens is 2. The Balaban J connectivity index is 1.84. The Kier molecular flexibility index (Phi) is 3.97. The number of imidazole rings is 1. The highest BCUT2D eigenvalue weighted by Gasteiger charge is 2.15. The number of nitrogens with one attached hydrogen (secondary N) is 1. The maximum Gasteiger partial charge on any atom is 0.205 e. The molecular weight excluding hydrogens is 243 g/mol. The van der Waals surface area contributed by atoms with Gasteiger partial charge in [-0.25, -0.2) is 0 Å². The first-order valence-electron chi connectivity index (χ1n) is 7.01. The molecule has 3 aromatic rings. The lowest BCUT2D eigenvalue weighted by Crippen LogP contribution is -2.20. The minimum atomic E-state index is 0.419. The normalized spacial score (nSPS) is 10.7. The number of hydrogen-bond acceptors (Lipinski definition) is 1. The van der Waals surface area contributed by atoms with Gasteiger partial charge in [0.05, 0.1) is 5.72 Å². The first kappa shape index (κ1) is 12.7. The lowest BCUT2D eigenvalue weighted by Gasteiger charge is -2.17. The van der Waals surface area contributed by atoms with E-state index in [2.05, 4.69) is 70.6 Å². The third kappa shape index (κ3) is 2.99. The van der Waals surface area contributed by atoms with Crippen LogP contribution in [-0.2, 0) is 0 Å². The van der Waals surface area contributed by atoms with Crippen molar-refractivity contribution < 1.29 is 0 Å². The summed E-state index contributed by atoms with van der Waals surface area (Å²) in [7, 11) is 0.960. The zero-order valence-electron chi connectivity index (χ0n) is 11.4. The molecule has 1 heterocycles. The van der Waals surface area contributed by atoms with Gasteiger partial charge in [0.1, 0.15) is 0 Å². The smallest absolute Gasteiger partial charge is 0.205 e. The quantitative estimate of drug-likeness (QED) is 0.702. The predicted molar refractivity (Wildman–Crippen MR) is 84.9 cm³/mol. The third-order valence-electron chi connectivity index (χ3n) is 3.63. The Morgan fingerprint density at radius 2 is 1.50 bits per heavy atom. The van der Waals surface area contributed by atoms with Crippen molar-refractivity contribution in [3.05, 3.63) is 84.2 Å². The summed E-state index contributed by atoms with van der Waals surface area (Å²) in [6.07, 6.45) is 4.76. The number of nitrogens with zero attached hydrogens (tertiary/aromatic N) is 1. The van der Waals surface area contributed by atoms with Gasteiger partial charge in [-0.1, -0.05) is 67.0 Å². The van der Waals surface area contributed by atoms with Crippen LogP contribution in [0.3, 0.4) is 0 Å². The lowest BCUT2D eigenvalue weighted by molar-refractivity contribution is 0.914. The van der Waals surface area contributed by atoms with Gasteiger partial charge in [-0.2, -0.15) is 0 Å². The van der Waals surface area contributed by atoms with Crippen LogP contribution in [0.25, 0.3) is 0 Å². The Morgan fingerprint density at radius 1 is 0.900 bits per heavy atom. The molecule has 1 N–H and O–H groups in total. The molecule has 3 rings (SSSR count). The van der Waals surface area contributed by atoms with Gasteiger partial charge in [0.25, 0.3) is 0 Å². The molecule has 1 aromatic heterocycles. The molecule has 3 heteroatoms. The van der Waals surface area contributed by atoms with E-state index in [9.17, 15) is 0 Å². The number of aromatic amines is 1. The molecule has 0 radical (unpaired) electrons. The molecule has 0 bridgehead atoms. The molecular formula is C17H17BN2. The molecule has 2 aromatic carbocycles. The fourth-order valence-electron chi connectivity index (χ4n) is 2.61. The maximum atomic E-state index is 4.32. The van der Waals surface area contributed by atoms with Crippen molar-refractivity contribution in [1.82, 2.24) is 9.97 Å². The van der Waals surface area contributed by atoms with Crippen LogP contribution in [0.4, 0.5) is 0 Å². The highest BCUT2D eigenvalue weighted by Crippen LogP contribution is 2.27. The monoisotopic (exact) mass is 260 g/mol. The number of rotatable bonds is 5. The first-order chi connectivity index (χ1) is 9.93. The van der Waals surface area contributed by atoms with E-state index >= 15 is 0 Å². The number of hydrogen-bond donors (Lipinski definition) is 1. The summed E-state index contributed by atoms with van der Waals surface area (Å²) in [5, 5.41) is 0. The van der Waals surface area contributed by atoms with Crippen LogP contribution in [0, 0.1) is 0 Å². The molecule has 0 spiro atoms. The highest BCUT2D eigenvalue weighted by molar-refractivity contribution is 6.51. The molecule has 0 saturated heterocycles. The fraction of sp³-hybridized carbons (Fsp3) is 0.118. The Hall–Kier alpha value is -2.29. The predicted octanol–water partition coefficient (Wildman–Crippen LogP) is 2.72. The van der Waals surface area contributed by atoms with Gasteiger partial charge in [0.15, 0.2) is 0 Å². The molecule has 98 valence electrons. The van der Waals surface area contributed by atoms with Crippen LogP contribution in [-0.4, -0.2) is 17.2 Å². The minimum Gasteiger partial charge on any atom is -0.357 e. The van der Waals surface area contributed by atoms with Gasteiger partial charge < -0.3 is 4.98 Å². The van der Waals surface area contributed by atoms with Gasteiger partial charge in [0, 0.05) is 18.3 Å². The van der Waals surface area contributed by atoms with Gasteiger partial charge in [-0.3, -0.25) is 4.98 Å². The standard InChI is InChI=1S/C17H17BN2/c1-3-7-14(8-4-1)16(15-9-5-2-6-10-15)13-18-17-19-11-12-20-17/h1-12,16,18H,13H2,(H,19,20). The molecule has 20 heavy (non-hydrogen) atoms. The second-order valence-corrected chi connectivity index (χ2v) is 4.95. The van der Waals surface area contributed by atoms with E-state index in [4.69, 9.17) is 0 Å². The van der Waals surface area contributed by atoms with Crippen molar-refractivity contribution >= 4 is 13.0 Å². The fourth-order valence-corrected chi connectivity index (χ4v) is 2.61. The topological polar surface area (TPSA) is 28.7 Å². The van der Waals surface area contributed by atoms with E-state index < -0.39 is 0 Å². The SMILES string of the molecule is B(CC(c1ccccc1)c1ccccc1)c1ncc[nH]1. The van der Waals surface area contributed by atoms with Crippen molar-refractivity contribution in [3.8, 4) is 0 Å². The molecule has 0 amide bonds. The number of benzene rings is 2. The molecule has 0 fully saturated rings. The van der Waals surface area contributed by atoms with Crippen LogP contribution in [0.15, 0.2) is 73.1 Å². The van der Waals surface area contributed by atoms with Crippen molar-refractivity contribution in [2.75, 3.05) is 0 Å². The average Bonchev–Trinajstić information content (AvgIpc) is 3.03. The van der Waals surface area contributed by atoms with Crippen LogP contribution in [0.1, 0.15) is 17.0 Å². The molecule has 0 atom stereocenters. The van der Waals surface area contributed by atoms with Gasteiger partial charge >= 0.3 is 0 Å². The van der Waals surface area contributed by atoms with E-state index in [1.807, 2.05) is 12.4 Å². The summed E-state index contributed by atoms with van der Waals surface area (Å²) < 4.78 is 0. The summed E-state index contributed by atoms with van der Waals surface area (Å²) in [6.45, 7) is 0. The summed E-state index contributed by atoms with van der Waals surface area (Å²) in [5.74, 6) is 0.419. The van der Waals surface area contributed by atoms with Crippen molar-refractivity contribution in [2.45, 2.75) is 12.2 Å². The third-order valence-corrected chi connectivity index (χ3v) is 3.63. The zero-order chi connectivity index (χ0) is 13.6. The van der Waals surface area contributed by atoms with Gasteiger partial charge in [0.2, 0.25) is 7.28 Å². The zero-order valence-corrected chi connectivity index (χ0v) is 11.4. The van der Waals surface area contributed by atoms with Crippen molar-refractivity contribution in [2.24, 2.45) is 0 Å². The molecule has 0 aliphatic rings. The maximum absolute atomic E-state index is 4.32. The van der Waals surface area contributed by atoms with E-state index in [0.717, 1.165) is 19.3 Å². The number of H-pyrrole nitrogens is 1. The molecule has 0 aliphatic carbocycles. The lowest BCUT2D eigenvalue weighted by atomic mass is 9.66. The second kappa shape index (κ2) is 6.24. The van der Waals surface area contributed by atoms with E-state index in [-0.39, 0.29) is 0 Å². The van der Waals surface area contributed by atoms with Gasteiger partial charge in [-0.05, 0) is 11.1 Å². The highest BCUT2D eigenvalue weighted by atomic mass is 14.9. The molecule has 0 saturated carbocycles. The van der Waals surface area contributed by atoms with Crippen molar-refractivity contribution in [1.29, 1.82) is 0 Å². The van der Waals surface area contributed by atoms with E-state index in [0.29, 0.717) is 5.92 Å². The Bertz CT molecular complexity index is 581. The van der Waals surface area contributed by atoms with E-state index in [1.54, 1.807) is 0 Å². The van der Waals surface area contributed by atoms with Crippen LogP contribution in [0.5, 0.6) is 0 Å². The van der Waals surface area contributed by atoms with Crippen LogP contribution >= 0.6 is 0 Å². The van der Waals surface area contributed by atoms with Gasteiger partial charge in [-0.15, -0.1) is 0 Å². The summed E-state index contributed by atoms with van der Waals surface area (Å²) in [6, 6.07) is 21.4. The average molecular weight is 260 g/mol. The Labute approximate surface area is 120 Å². The van der Waals surface area contributed by atoms with Crippen LogP contribution < -0.4 is 5.72 Å². The van der Waals surface area contributed by atoms with Crippen molar-refractivity contribution in [3.63, 3.8) is 0 Å². The van der Waals surface area contributed by atoms with E-state index in [1.165, 1.54) is 11.1 Å². The minimum absolute atomic E-state index is 0.419. The summed E-state index contributed by atoms with van der Waals surface area (Å²) in [4.78, 5) is 7.50. The first-order valence-corrected chi connectivity index (χ1v) is 7.01. The molecule has 0 unspecified atom stereocenters. The molecule has 2 nitrogen and oxygen atoms in total. The Morgan fingerprint density at radius 3 is 2.00 bits per heavy atom. The summed E-state index contributed by atoms with van der Waals surface area (Å²) >= 11 is 0. The largest absolute Gasteiger partial charge is 0.357 e.